The zero-order chi connectivity index (χ0) is 25.4. The molecule has 4 rings (SSSR count). The Morgan fingerprint density at radius 3 is 2.11 bits per heavy atom. The van der Waals surface area contributed by atoms with Gasteiger partial charge in [-0.15, -0.1) is 0 Å². The molecule has 0 radical (unpaired) electrons. The summed E-state index contributed by atoms with van der Waals surface area (Å²) in [6, 6.07) is 9.41. The quantitative estimate of drug-likeness (QED) is 0.161. The lowest BCUT2D eigenvalue weighted by Gasteiger charge is -2.30. The standard InChI is InChI=1S/C23H18Br2FN3O6/c24-18-9-16-17(10-19(18)25)23(33)28(22(16)32)27(11-20(30)12-4-6-14(26)7-5-12)21(31)13-2-1-3-15(8-13)29(34)35/h1-8,16-19H,9-11H2/t16-,17+,18-,19-/m0/s1. The number of nitrogens with zero attached hydrogens (tertiary/aromatic N) is 3. The zero-order valence-corrected chi connectivity index (χ0v) is 21.1. The second kappa shape index (κ2) is 9.94. The van der Waals surface area contributed by atoms with Crippen LogP contribution in [0.1, 0.15) is 33.6 Å². The van der Waals surface area contributed by atoms with E-state index >= 15 is 0 Å². The molecular weight excluding hydrogens is 593 g/mol. The Balaban J connectivity index is 1.72. The minimum absolute atomic E-state index is 0.0674. The first-order chi connectivity index (χ1) is 16.6. The maximum Gasteiger partial charge on any atom is 0.273 e. The number of halogens is 3. The van der Waals surface area contributed by atoms with Gasteiger partial charge in [-0.25, -0.2) is 9.40 Å². The first-order valence-corrected chi connectivity index (χ1v) is 12.4. The van der Waals surface area contributed by atoms with Crippen molar-refractivity contribution in [1.82, 2.24) is 10.0 Å². The predicted octanol–water partition coefficient (Wildman–Crippen LogP) is 3.90. The number of nitro groups is 1. The van der Waals surface area contributed by atoms with Crippen molar-refractivity contribution < 1.29 is 28.5 Å². The van der Waals surface area contributed by atoms with Gasteiger partial charge < -0.3 is 0 Å². The van der Waals surface area contributed by atoms with Crippen LogP contribution in [0.3, 0.4) is 0 Å². The Labute approximate surface area is 215 Å². The number of Topliss-reactive ketones (excluding diaryl/α,β-unsaturated/α-hetero) is 1. The zero-order valence-electron chi connectivity index (χ0n) is 18.0. The molecule has 2 fully saturated rings. The highest BCUT2D eigenvalue weighted by molar-refractivity contribution is 9.12. The summed E-state index contributed by atoms with van der Waals surface area (Å²) in [4.78, 5) is 63.5. The van der Waals surface area contributed by atoms with E-state index in [9.17, 15) is 33.7 Å². The molecular formula is C23H18Br2FN3O6. The third-order valence-corrected chi connectivity index (χ3v) is 8.86. The van der Waals surface area contributed by atoms with Crippen molar-refractivity contribution >= 4 is 61.1 Å². The maximum absolute atomic E-state index is 13.5. The number of hydrazine groups is 1. The SMILES string of the molecule is O=C(CN(C(=O)c1cccc([N+](=O)[O-])c1)N1C(=O)[C@H]2C[C@H](Br)[C@@H](Br)C[C@H]2C1=O)c1ccc(F)cc1. The number of imide groups is 1. The number of hydrogen-bond acceptors (Lipinski definition) is 6. The van der Waals surface area contributed by atoms with E-state index < -0.39 is 52.6 Å². The summed E-state index contributed by atoms with van der Waals surface area (Å²) in [6.45, 7) is -0.695. The Morgan fingerprint density at radius 1 is 1.00 bits per heavy atom. The van der Waals surface area contributed by atoms with Crippen LogP contribution in [0.5, 0.6) is 0 Å². The summed E-state index contributed by atoms with van der Waals surface area (Å²) in [6.07, 6.45) is 0.707. The van der Waals surface area contributed by atoms with Crippen LogP contribution in [-0.4, -0.2) is 54.6 Å². The first-order valence-electron chi connectivity index (χ1n) is 10.6. The first kappa shape index (κ1) is 25.1. The van der Waals surface area contributed by atoms with Crippen molar-refractivity contribution in [1.29, 1.82) is 0 Å². The van der Waals surface area contributed by atoms with Gasteiger partial charge in [0.2, 0.25) is 0 Å². The van der Waals surface area contributed by atoms with Crippen LogP contribution in [0.15, 0.2) is 48.5 Å². The van der Waals surface area contributed by atoms with Crippen LogP contribution in [0.4, 0.5) is 10.1 Å². The van der Waals surface area contributed by atoms with E-state index in [0.717, 1.165) is 23.2 Å². The van der Waals surface area contributed by atoms with Gasteiger partial charge in [0.25, 0.3) is 23.4 Å². The highest BCUT2D eigenvalue weighted by atomic mass is 79.9. The Hall–Kier alpha value is -2.99. The molecule has 0 N–H and O–H groups in total. The fraction of sp³-hybridized carbons (Fsp3) is 0.304. The normalized spacial score (nSPS) is 23.7. The van der Waals surface area contributed by atoms with Crippen molar-refractivity contribution in [3.63, 3.8) is 0 Å². The second-order valence-corrected chi connectivity index (χ2v) is 10.7. The molecule has 9 nitrogen and oxygen atoms in total. The molecule has 1 aliphatic carbocycles. The molecule has 12 heteroatoms. The van der Waals surface area contributed by atoms with Gasteiger partial charge in [-0.05, 0) is 43.2 Å². The molecule has 182 valence electrons. The number of carbonyl (C=O) groups excluding carboxylic acids is 4. The number of nitro benzene ring substituents is 1. The van der Waals surface area contributed by atoms with Crippen molar-refractivity contribution in [2.45, 2.75) is 22.5 Å². The summed E-state index contributed by atoms with van der Waals surface area (Å²) in [5.41, 5.74) is -0.461. The van der Waals surface area contributed by atoms with Crippen molar-refractivity contribution in [2.75, 3.05) is 6.54 Å². The summed E-state index contributed by atoms with van der Waals surface area (Å²) in [7, 11) is 0. The number of amides is 3. The van der Waals surface area contributed by atoms with Gasteiger partial charge in [0.1, 0.15) is 12.4 Å². The van der Waals surface area contributed by atoms with Crippen LogP contribution >= 0.6 is 31.9 Å². The molecule has 0 aromatic heterocycles. The van der Waals surface area contributed by atoms with Gasteiger partial charge >= 0.3 is 0 Å². The summed E-state index contributed by atoms with van der Waals surface area (Å²) in [5, 5.41) is 12.6. The van der Waals surface area contributed by atoms with E-state index in [4.69, 9.17) is 0 Å². The van der Waals surface area contributed by atoms with E-state index in [-0.39, 0.29) is 26.5 Å². The molecule has 1 saturated carbocycles. The van der Waals surface area contributed by atoms with Crippen LogP contribution in [-0.2, 0) is 9.59 Å². The van der Waals surface area contributed by atoms with E-state index in [1.165, 1.54) is 30.3 Å². The number of benzene rings is 2. The molecule has 2 aromatic carbocycles. The maximum atomic E-state index is 13.5. The predicted molar refractivity (Wildman–Crippen MR) is 128 cm³/mol. The molecule has 1 heterocycles. The topological polar surface area (TPSA) is 118 Å². The van der Waals surface area contributed by atoms with Gasteiger partial charge in [0, 0.05) is 32.9 Å². The van der Waals surface area contributed by atoms with Gasteiger partial charge in [0.05, 0.1) is 16.8 Å². The number of hydrogen-bond donors (Lipinski definition) is 0. The molecule has 2 aromatic rings. The number of alkyl halides is 2. The van der Waals surface area contributed by atoms with Gasteiger partial charge in [-0.3, -0.25) is 29.3 Å². The van der Waals surface area contributed by atoms with E-state index in [2.05, 4.69) is 31.9 Å². The largest absolute Gasteiger partial charge is 0.292 e. The lowest BCUT2D eigenvalue weighted by atomic mass is 9.81. The number of fused-ring (bicyclic) bond motifs is 1. The molecule has 3 amide bonds. The molecule has 0 bridgehead atoms. The highest BCUT2D eigenvalue weighted by Crippen LogP contribution is 2.43. The van der Waals surface area contributed by atoms with E-state index in [0.29, 0.717) is 17.9 Å². The van der Waals surface area contributed by atoms with Crippen molar-refractivity contribution in [2.24, 2.45) is 11.8 Å². The fourth-order valence-electron chi connectivity index (χ4n) is 4.31. The number of non-ortho nitro benzene ring substituents is 1. The van der Waals surface area contributed by atoms with Crippen molar-refractivity contribution in [3.8, 4) is 0 Å². The van der Waals surface area contributed by atoms with Crippen LogP contribution in [0.25, 0.3) is 0 Å². The molecule has 1 aliphatic heterocycles. The number of rotatable bonds is 6. The molecule has 0 spiro atoms. The third kappa shape index (κ3) is 4.90. The summed E-state index contributed by atoms with van der Waals surface area (Å²) < 4.78 is 13.3. The van der Waals surface area contributed by atoms with E-state index in [1.807, 2.05) is 0 Å². The smallest absolute Gasteiger partial charge is 0.273 e. The Kier molecular flexibility index (Phi) is 7.13. The minimum atomic E-state index is -0.921. The number of ketones is 1. The fourth-order valence-corrected chi connectivity index (χ4v) is 5.55. The Bertz CT molecular complexity index is 1200. The summed E-state index contributed by atoms with van der Waals surface area (Å²) in [5.74, 6) is -4.71. The van der Waals surface area contributed by atoms with Crippen molar-refractivity contribution in [3.05, 3.63) is 75.6 Å². The lowest BCUT2D eigenvalue weighted by Crippen LogP contribution is -2.52. The molecule has 1 saturated heterocycles. The number of carbonyl (C=O) groups is 4. The van der Waals surface area contributed by atoms with Gasteiger partial charge in [-0.2, -0.15) is 5.01 Å². The average molecular weight is 611 g/mol. The minimum Gasteiger partial charge on any atom is -0.292 e. The highest BCUT2D eigenvalue weighted by Gasteiger charge is 2.54. The lowest BCUT2D eigenvalue weighted by molar-refractivity contribution is -0.384. The molecule has 2 aliphatic rings. The monoisotopic (exact) mass is 609 g/mol. The van der Waals surface area contributed by atoms with E-state index in [1.54, 1.807) is 0 Å². The van der Waals surface area contributed by atoms with Gasteiger partial charge in [-0.1, -0.05) is 37.9 Å². The van der Waals surface area contributed by atoms with Gasteiger partial charge in [0.15, 0.2) is 5.78 Å². The average Bonchev–Trinajstić information content (AvgIpc) is 3.06. The second-order valence-electron chi connectivity index (χ2n) is 8.30. The Morgan fingerprint density at radius 2 is 1.57 bits per heavy atom. The molecule has 0 unspecified atom stereocenters. The summed E-state index contributed by atoms with van der Waals surface area (Å²) >= 11 is 7.00. The van der Waals surface area contributed by atoms with Crippen LogP contribution < -0.4 is 0 Å². The third-order valence-electron chi connectivity index (χ3n) is 6.13. The molecule has 35 heavy (non-hydrogen) atoms. The van der Waals surface area contributed by atoms with Crippen LogP contribution in [0.2, 0.25) is 0 Å². The molecule has 4 atom stereocenters. The van der Waals surface area contributed by atoms with Crippen LogP contribution in [0, 0.1) is 27.8 Å².